The zero-order chi connectivity index (χ0) is 15.1. The van der Waals surface area contributed by atoms with Gasteiger partial charge in [0, 0.05) is 19.3 Å². The van der Waals surface area contributed by atoms with Crippen LogP contribution >= 0.6 is 0 Å². The first-order chi connectivity index (χ1) is 10.2. The molecule has 0 bridgehead atoms. The average Bonchev–Trinajstić information content (AvgIpc) is 2.49. The van der Waals surface area contributed by atoms with Gasteiger partial charge < -0.3 is 14.8 Å². The zero-order valence-electron chi connectivity index (χ0n) is 13.0. The molecule has 3 nitrogen and oxygen atoms in total. The Morgan fingerprint density at radius 2 is 1.86 bits per heavy atom. The van der Waals surface area contributed by atoms with Crippen LogP contribution < -0.4 is 10.1 Å². The van der Waals surface area contributed by atoms with Gasteiger partial charge in [-0.2, -0.15) is 0 Å². The molecular formula is C18H23NO2. The molecule has 0 amide bonds. The fourth-order valence-corrected chi connectivity index (χ4v) is 2.11. The van der Waals surface area contributed by atoms with E-state index in [2.05, 4.69) is 49.5 Å². The first kappa shape index (κ1) is 15.4. The summed E-state index contributed by atoms with van der Waals surface area (Å²) in [5, 5.41) is 3.48. The maximum absolute atomic E-state index is 5.63. The Bertz CT molecular complexity index is 581. The second kappa shape index (κ2) is 7.70. The second-order valence-electron chi connectivity index (χ2n) is 5.16. The van der Waals surface area contributed by atoms with Crippen molar-refractivity contribution >= 4 is 5.69 Å². The lowest BCUT2D eigenvalue weighted by Gasteiger charge is -2.12. The topological polar surface area (TPSA) is 30.5 Å². The lowest BCUT2D eigenvalue weighted by atomic mass is 10.1. The Hall–Kier alpha value is -2.00. The summed E-state index contributed by atoms with van der Waals surface area (Å²) in [6, 6.07) is 14.6. The molecule has 112 valence electrons. The summed E-state index contributed by atoms with van der Waals surface area (Å²) in [5.41, 5.74) is 4.90. The van der Waals surface area contributed by atoms with Gasteiger partial charge in [0.25, 0.3) is 0 Å². The number of nitrogens with one attached hydrogen (secondary N) is 1. The molecule has 0 unspecified atom stereocenters. The van der Waals surface area contributed by atoms with E-state index in [4.69, 9.17) is 9.47 Å². The number of hydrogen-bond acceptors (Lipinski definition) is 3. The van der Waals surface area contributed by atoms with E-state index in [1.807, 2.05) is 12.1 Å². The van der Waals surface area contributed by atoms with Crippen LogP contribution in [0.15, 0.2) is 42.5 Å². The fourth-order valence-electron chi connectivity index (χ4n) is 2.11. The highest BCUT2D eigenvalue weighted by molar-refractivity contribution is 5.52. The van der Waals surface area contributed by atoms with E-state index in [-0.39, 0.29) is 0 Å². The third kappa shape index (κ3) is 4.80. The van der Waals surface area contributed by atoms with Crippen molar-refractivity contribution in [2.24, 2.45) is 0 Å². The molecule has 0 aliphatic heterocycles. The van der Waals surface area contributed by atoms with E-state index in [1.54, 1.807) is 7.11 Å². The Kier molecular flexibility index (Phi) is 5.64. The minimum atomic E-state index is 0.574. The van der Waals surface area contributed by atoms with Crippen LogP contribution in [0.3, 0.4) is 0 Å². The predicted octanol–water partition coefficient (Wildman–Crippen LogP) is 3.94. The van der Waals surface area contributed by atoms with Crippen molar-refractivity contribution in [3.8, 4) is 5.75 Å². The lowest BCUT2D eigenvalue weighted by Crippen LogP contribution is -2.05. The van der Waals surface area contributed by atoms with Gasteiger partial charge >= 0.3 is 0 Å². The molecule has 0 spiro atoms. The summed E-state index contributed by atoms with van der Waals surface area (Å²) in [4.78, 5) is 0. The van der Waals surface area contributed by atoms with Crippen molar-refractivity contribution in [1.29, 1.82) is 0 Å². The van der Waals surface area contributed by atoms with Gasteiger partial charge in [0.05, 0.1) is 6.61 Å². The summed E-state index contributed by atoms with van der Waals surface area (Å²) < 4.78 is 10.6. The van der Waals surface area contributed by atoms with Crippen LogP contribution in [-0.2, 0) is 11.3 Å². The highest BCUT2D eigenvalue weighted by atomic mass is 16.5. The van der Waals surface area contributed by atoms with Crippen molar-refractivity contribution < 1.29 is 9.47 Å². The molecule has 0 radical (unpaired) electrons. The van der Waals surface area contributed by atoms with Gasteiger partial charge in [0.1, 0.15) is 12.4 Å². The minimum Gasteiger partial charge on any atom is -0.491 e. The van der Waals surface area contributed by atoms with E-state index in [0.29, 0.717) is 13.2 Å². The van der Waals surface area contributed by atoms with Gasteiger partial charge in [0.15, 0.2) is 0 Å². The van der Waals surface area contributed by atoms with Crippen LogP contribution in [0.2, 0.25) is 0 Å². The van der Waals surface area contributed by atoms with E-state index in [1.165, 1.54) is 22.4 Å². The third-order valence-corrected chi connectivity index (χ3v) is 3.33. The van der Waals surface area contributed by atoms with E-state index < -0.39 is 0 Å². The van der Waals surface area contributed by atoms with Crippen LogP contribution in [-0.4, -0.2) is 20.3 Å². The van der Waals surface area contributed by atoms with Gasteiger partial charge in [-0.25, -0.2) is 0 Å². The lowest BCUT2D eigenvalue weighted by molar-refractivity contribution is 0.146. The van der Waals surface area contributed by atoms with Crippen molar-refractivity contribution in [2.75, 3.05) is 25.6 Å². The molecule has 0 aliphatic carbocycles. The zero-order valence-corrected chi connectivity index (χ0v) is 13.0. The molecule has 0 saturated carbocycles. The summed E-state index contributed by atoms with van der Waals surface area (Å²) in [6.45, 7) is 6.18. The molecule has 0 aromatic heterocycles. The van der Waals surface area contributed by atoms with Crippen LogP contribution in [0.4, 0.5) is 5.69 Å². The van der Waals surface area contributed by atoms with Gasteiger partial charge in [-0.05, 0) is 48.7 Å². The number of hydrogen-bond donors (Lipinski definition) is 1. The Balaban J connectivity index is 1.96. The average molecular weight is 285 g/mol. The first-order valence-corrected chi connectivity index (χ1v) is 7.21. The molecule has 2 aromatic carbocycles. The second-order valence-corrected chi connectivity index (χ2v) is 5.16. The molecule has 0 saturated heterocycles. The summed E-state index contributed by atoms with van der Waals surface area (Å²) >= 11 is 0. The molecule has 1 N–H and O–H groups in total. The number of anilines is 1. The number of rotatable bonds is 7. The molecule has 21 heavy (non-hydrogen) atoms. The first-order valence-electron chi connectivity index (χ1n) is 7.21. The Morgan fingerprint density at radius 1 is 1.00 bits per heavy atom. The maximum atomic E-state index is 5.63. The third-order valence-electron chi connectivity index (χ3n) is 3.33. The Labute approximate surface area is 126 Å². The number of aryl methyl sites for hydroxylation is 2. The quantitative estimate of drug-likeness (QED) is 0.782. The van der Waals surface area contributed by atoms with E-state index in [0.717, 1.165) is 12.3 Å². The van der Waals surface area contributed by atoms with Crippen molar-refractivity contribution in [3.05, 3.63) is 59.2 Å². The molecule has 2 aromatic rings. The normalized spacial score (nSPS) is 10.4. The van der Waals surface area contributed by atoms with Crippen LogP contribution in [0.25, 0.3) is 0 Å². The Morgan fingerprint density at radius 3 is 2.67 bits per heavy atom. The van der Waals surface area contributed by atoms with Crippen LogP contribution in [0.1, 0.15) is 16.7 Å². The summed E-state index contributed by atoms with van der Waals surface area (Å²) in [6.07, 6.45) is 0. The monoisotopic (exact) mass is 285 g/mol. The molecule has 2 rings (SSSR count). The largest absolute Gasteiger partial charge is 0.491 e. The van der Waals surface area contributed by atoms with Crippen molar-refractivity contribution in [2.45, 2.75) is 20.4 Å². The minimum absolute atomic E-state index is 0.574. The summed E-state index contributed by atoms with van der Waals surface area (Å²) in [7, 11) is 1.67. The van der Waals surface area contributed by atoms with Crippen molar-refractivity contribution in [1.82, 2.24) is 0 Å². The fraction of sp³-hybridized carbons (Fsp3) is 0.333. The van der Waals surface area contributed by atoms with E-state index >= 15 is 0 Å². The smallest absolute Gasteiger partial charge is 0.119 e. The van der Waals surface area contributed by atoms with Crippen LogP contribution in [0.5, 0.6) is 5.75 Å². The van der Waals surface area contributed by atoms with Gasteiger partial charge in [-0.3, -0.25) is 0 Å². The molecule has 3 heteroatoms. The number of methoxy groups -OCH3 is 1. The highest BCUT2D eigenvalue weighted by Gasteiger charge is 2.00. The van der Waals surface area contributed by atoms with Gasteiger partial charge in [0.2, 0.25) is 0 Å². The number of benzene rings is 2. The molecule has 0 fully saturated rings. The molecular weight excluding hydrogens is 262 g/mol. The summed E-state index contributed by atoms with van der Waals surface area (Å²) in [5.74, 6) is 0.882. The SMILES string of the molecule is COCCOc1cccc(CNc2cc(C)ccc2C)c1. The standard InChI is InChI=1S/C18H23NO2/c1-14-7-8-15(2)18(11-14)19-13-16-5-4-6-17(12-16)21-10-9-20-3/h4-8,11-12,19H,9-10,13H2,1-3H3. The predicted molar refractivity (Wildman–Crippen MR) is 87.1 cm³/mol. The van der Waals surface area contributed by atoms with Gasteiger partial charge in [-0.15, -0.1) is 0 Å². The highest BCUT2D eigenvalue weighted by Crippen LogP contribution is 2.19. The molecule has 0 atom stereocenters. The van der Waals surface area contributed by atoms with Crippen LogP contribution in [0, 0.1) is 13.8 Å². The van der Waals surface area contributed by atoms with Crippen molar-refractivity contribution in [3.63, 3.8) is 0 Å². The molecule has 0 heterocycles. The van der Waals surface area contributed by atoms with E-state index in [9.17, 15) is 0 Å². The number of ether oxygens (including phenoxy) is 2. The maximum Gasteiger partial charge on any atom is 0.119 e. The van der Waals surface area contributed by atoms with Gasteiger partial charge in [-0.1, -0.05) is 24.3 Å². The molecule has 0 aliphatic rings.